The molecule has 0 aliphatic rings. The second-order valence-corrected chi connectivity index (χ2v) is 5.72. The molecule has 0 heterocycles. The largest absolute Gasteiger partial charge is 0.504 e. The highest BCUT2D eigenvalue weighted by Gasteiger charge is 2.09. The maximum absolute atomic E-state index is 9.60. The molecule has 1 rings (SSSR count). The summed E-state index contributed by atoms with van der Waals surface area (Å²) in [6.07, 6.45) is 1.14. The Kier molecular flexibility index (Phi) is 5.48. The zero-order chi connectivity index (χ0) is 13.6. The van der Waals surface area contributed by atoms with Crippen molar-refractivity contribution in [3.63, 3.8) is 0 Å². The highest BCUT2D eigenvalue weighted by atomic mass is 16.5. The van der Waals surface area contributed by atoms with Gasteiger partial charge in [0, 0.05) is 6.54 Å². The zero-order valence-corrected chi connectivity index (χ0v) is 11.9. The van der Waals surface area contributed by atoms with E-state index in [-0.39, 0.29) is 5.75 Å². The average molecular weight is 251 g/mol. The van der Waals surface area contributed by atoms with Crippen LogP contribution in [0.15, 0.2) is 18.2 Å². The van der Waals surface area contributed by atoms with Crippen LogP contribution < -0.4 is 10.1 Å². The van der Waals surface area contributed by atoms with Gasteiger partial charge in [0.25, 0.3) is 0 Å². The molecule has 102 valence electrons. The van der Waals surface area contributed by atoms with Gasteiger partial charge in [-0.25, -0.2) is 0 Å². The molecule has 0 saturated heterocycles. The molecule has 0 aliphatic carbocycles. The molecule has 0 fully saturated rings. The minimum Gasteiger partial charge on any atom is -0.504 e. The Hall–Kier alpha value is -1.22. The quantitative estimate of drug-likeness (QED) is 0.762. The van der Waals surface area contributed by atoms with Gasteiger partial charge in [0.05, 0.1) is 6.61 Å². The summed E-state index contributed by atoms with van der Waals surface area (Å²) in [5.41, 5.74) is 1.49. The van der Waals surface area contributed by atoms with Crippen LogP contribution in [-0.2, 0) is 6.54 Å². The van der Waals surface area contributed by atoms with E-state index < -0.39 is 0 Å². The fraction of sp³-hybridized carbons (Fsp3) is 0.600. The molecule has 3 nitrogen and oxygen atoms in total. The van der Waals surface area contributed by atoms with Gasteiger partial charge in [-0.15, -0.1) is 0 Å². The van der Waals surface area contributed by atoms with Gasteiger partial charge < -0.3 is 15.2 Å². The minimum atomic E-state index is 0.204. The monoisotopic (exact) mass is 251 g/mol. The molecule has 0 saturated carbocycles. The van der Waals surface area contributed by atoms with Gasteiger partial charge in [-0.1, -0.05) is 26.8 Å². The Bertz CT molecular complexity index is 369. The Labute approximate surface area is 110 Å². The van der Waals surface area contributed by atoms with Crippen LogP contribution in [0.5, 0.6) is 11.5 Å². The Morgan fingerprint density at radius 2 is 2.00 bits per heavy atom. The summed E-state index contributed by atoms with van der Waals surface area (Å²) in [5, 5.41) is 13.0. The van der Waals surface area contributed by atoms with E-state index in [0.717, 1.165) is 25.1 Å². The third-order valence-electron chi connectivity index (χ3n) is 2.70. The number of rotatable bonds is 6. The third kappa shape index (κ3) is 5.41. The SMILES string of the molecule is CCOc1cc(CNCCC(C)(C)C)ccc1O. The maximum Gasteiger partial charge on any atom is 0.161 e. The predicted molar refractivity (Wildman–Crippen MR) is 75.1 cm³/mol. The lowest BCUT2D eigenvalue weighted by molar-refractivity contribution is 0.317. The van der Waals surface area contributed by atoms with Crippen LogP contribution in [0, 0.1) is 5.41 Å². The Morgan fingerprint density at radius 1 is 1.28 bits per heavy atom. The molecule has 0 radical (unpaired) electrons. The van der Waals surface area contributed by atoms with E-state index in [1.54, 1.807) is 6.07 Å². The second kappa shape index (κ2) is 6.64. The lowest BCUT2D eigenvalue weighted by atomic mass is 9.92. The van der Waals surface area contributed by atoms with Crippen LogP contribution >= 0.6 is 0 Å². The molecule has 1 aromatic carbocycles. The molecule has 0 aliphatic heterocycles. The number of nitrogens with one attached hydrogen (secondary N) is 1. The van der Waals surface area contributed by atoms with E-state index in [0.29, 0.717) is 17.8 Å². The van der Waals surface area contributed by atoms with Crippen LogP contribution in [0.4, 0.5) is 0 Å². The van der Waals surface area contributed by atoms with E-state index in [1.807, 2.05) is 19.1 Å². The fourth-order valence-corrected chi connectivity index (χ4v) is 1.64. The topological polar surface area (TPSA) is 41.5 Å². The van der Waals surface area contributed by atoms with Gasteiger partial charge in [0.1, 0.15) is 0 Å². The first-order valence-electron chi connectivity index (χ1n) is 6.58. The first kappa shape index (κ1) is 14.8. The molecule has 0 atom stereocenters. The van der Waals surface area contributed by atoms with Gasteiger partial charge in [0.2, 0.25) is 0 Å². The van der Waals surface area contributed by atoms with Crippen molar-refractivity contribution in [3.05, 3.63) is 23.8 Å². The summed E-state index contributed by atoms with van der Waals surface area (Å²) in [6.45, 7) is 11.0. The lowest BCUT2D eigenvalue weighted by Gasteiger charge is -2.18. The summed E-state index contributed by atoms with van der Waals surface area (Å²) in [4.78, 5) is 0. The summed E-state index contributed by atoms with van der Waals surface area (Å²) >= 11 is 0. The Balaban J connectivity index is 2.45. The highest BCUT2D eigenvalue weighted by molar-refractivity contribution is 5.41. The molecule has 0 spiro atoms. The molecule has 2 N–H and O–H groups in total. The number of hydrogen-bond acceptors (Lipinski definition) is 3. The van der Waals surface area contributed by atoms with Gasteiger partial charge in [-0.3, -0.25) is 0 Å². The van der Waals surface area contributed by atoms with E-state index in [9.17, 15) is 5.11 Å². The van der Waals surface area contributed by atoms with E-state index in [2.05, 4.69) is 26.1 Å². The molecule has 18 heavy (non-hydrogen) atoms. The molecule has 1 aromatic rings. The second-order valence-electron chi connectivity index (χ2n) is 5.72. The van der Waals surface area contributed by atoms with Crippen molar-refractivity contribution in [1.29, 1.82) is 0 Å². The summed E-state index contributed by atoms with van der Waals surface area (Å²) in [7, 11) is 0. The number of aromatic hydroxyl groups is 1. The molecular formula is C15H25NO2. The van der Waals surface area contributed by atoms with Crippen molar-refractivity contribution in [1.82, 2.24) is 5.32 Å². The molecule has 0 amide bonds. The van der Waals surface area contributed by atoms with Crippen LogP contribution in [-0.4, -0.2) is 18.3 Å². The molecule has 0 unspecified atom stereocenters. The fourth-order valence-electron chi connectivity index (χ4n) is 1.64. The van der Waals surface area contributed by atoms with Crippen molar-refractivity contribution >= 4 is 0 Å². The molecule has 0 bridgehead atoms. The van der Waals surface area contributed by atoms with Crippen molar-refractivity contribution in [2.24, 2.45) is 5.41 Å². The van der Waals surface area contributed by atoms with Crippen LogP contribution in [0.2, 0.25) is 0 Å². The highest BCUT2D eigenvalue weighted by Crippen LogP contribution is 2.26. The number of benzene rings is 1. The van der Waals surface area contributed by atoms with E-state index >= 15 is 0 Å². The van der Waals surface area contributed by atoms with Gasteiger partial charge in [-0.2, -0.15) is 0 Å². The van der Waals surface area contributed by atoms with Gasteiger partial charge >= 0.3 is 0 Å². The van der Waals surface area contributed by atoms with Gasteiger partial charge in [0.15, 0.2) is 11.5 Å². The summed E-state index contributed by atoms with van der Waals surface area (Å²) in [5.74, 6) is 0.767. The number of phenols is 1. The molecule has 3 heteroatoms. The van der Waals surface area contributed by atoms with Crippen molar-refractivity contribution in [3.8, 4) is 11.5 Å². The smallest absolute Gasteiger partial charge is 0.161 e. The van der Waals surface area contributed by atoms with Crippen LogP contribution in [0.1, 0.15) is 39.7 Å². The van der Waals surface area contributed by atoms with Crippen molar-refractivity contribution in [2.45, 2.75) is 40.7 Å². The lowest BCUT2D eigenvalue weighted by Crippen LogP contribution is -2.20. The van der Waals surface area contributed by atoms with Crippen LogP contribution in [0.25, 0.3) is 0 Å². The summed E-state index contributed by atoms with van der Waals surface area (Å²) in [6, 6.07) is 5.50. The minimum absolute atomic E-state index is 0.204. The standard InChI is InChI=1S/C15H25NO2/c1-5-18-14-10-12(6-7-13(14)17)11-16-9-8-15(2,3)4/h6-7,10,16-17H,5,8-9,11H2,1-4H3. The number of ether oxygens (including phenoxy) is 1. The normalized spacial score (nSPS) is 11.6. The van der Waals surface area contributed by atoms with Crippen molar-refractivity contribution < 1.29 is 9.84 Å². The number of phenolic OH excluding ortho intramolecular Hbond substituents is 1. The first-order valence-corrected chi connectivity index (χ1v) is 6.58. The van der Waals surface area contributed by atoms with Gasteiger partial charge in [-0.05, 0) is 43.0 Å². The average Bonchev–Trinajstić information content (AvgIpc) is 2.28. The third-order valence-corrected chi connectivity index (χ3v) is 2.70. The maximum atomic E-state index is 9.60. The first-order chi connectivity index (χ1) is 8.42. The van der Waals surface area contributed by atoms with E-state index in [1.165, 1.54) is 0 Å². The Morgan fingerprint density at radius 3 is 2.61 bits per heavy atom. The number of hydrogen-bond donors (Lipinski definition) is 2. The zero-order valence-electron chi connectivity index (χ0n) is 11.9. The predicted octanol–water partition coefficient (Wildman–Crippen LogP) is 3.32. The van der Waals surface area contributed by atoms with Crippen LogP contribution in [0.3, 0.4) is 0 Å². The molecular weight excluding hydrogens is 226 g/mol. The molecule has 0 aromatic heterocycles. The van der Waals surface area contributed by atoms with Crippen molar-refractivity contribution in [2.75, 3.05) is 13.2 Å². The summed E-state index contributed by atoms with van der Waals surface area (Å²) < 4.78 is 5.36. The van der Waals surface area contributed by atoms with E-state index in [4.69, 9.17) is 4.74 Å².